The molecule has 0 aliphatic carbocycles. The fraction of sp³-hybridized carbons (Fsp3) is 0. The second-order valence-electron chi connectivity index (χ2n) is 5.73. The van der Waals surface area contributed by atoms with Crippen LogP contribution in [0.5, 0.6) is 0 Å². The lowest BCUT2D eigenvalue weighted by atomic mass is 10.3. The lowest BCUT2D eigenvalue weighted by molar-refractivity contribution is 1.06. The van der Waals surface area contributed by atoms with Crippen molar-refractivity contribution >= 4 is 45.3 Å². The average molecular weight is 344 g/mol. The van der Waals surface area contributed by atoms with E-state index in [1.54, 1.807) is 4.40 Å². The molecular weight excluding hydrogens is 332 g/mol. The van der Waals surface area contributed by atoms with Crippen LogP contribution in [0, 0.1) is 0 Å². The molecule has 26 heavy (non-hydrogen) atoms. The number of nitrogens with zero attached hydrogens (tertiary/aromatic N) is 5. The van der Waals surface area contributed by atoms with Crippen LogP contribution >= 0.6 is 0 Å². The highest BCUT2D eigenvalue weighted by Crippen LogP contribution is 2.25. The van der Waals surface area contributed by atoms with E-state index in [1.807, 2.05) is 48.5 Å². The quantitative estimate of drug-likeness (QED) is 0.425. The van der Waals surface area contributed by atoms with Crippen molar-refractivity contribution in [3.63, 3.8) is 0 Å². The van der Waals surface area contributed by atoms with Crippen LogP contribution in [-0.2, 0) is 0 Å². The molecule has 3 heterocycles. The zero-order chi connectivity index (χ0) is 17.7. The minimum Gasteiger partial charge on any atom is -0.383 e. The summed E-state index contributed by atoms with van der Waals surface area (Å²) >= 11 is 0. The fourth-order valence-corrected chi connectivity index (χ4v) is 2.92. The Hall–Kier alpha value is -4.01. The highest BCUT2D eigenvalue weighted by molar-refractivity contribution is 5.82. The molecule has 0 amide bonds. The first kappa shape index (κ1) is 14.3. The summed E-state index contributed by atoms with van der Waals surface area (Å²) < 4.78 is 1.64. The number of hydrogen-bond donors (Lipinski definition) is 3. The largest absolute Gasteiger partial charge is 0.383 e. The van der Waals surface area contributed by atoms with E-state index >= 15 is 0 Å². The van der Waals surface area contributed by atoms with Crippen LogP contribution in [0.3, 0.4) is 0 Å². The summed E-state index contributed by atoms with van der Waals surface area (Å²) in [6.07, 6.45) is 0. The van der Waals surface area contributed by atoms with Crippen molar-refractivity contribution in [2.75, 3.05) is 5.73 Å². The number of aromatic nitrogens is 5. The molecule has 0 atom stereocenters. The molecule has 0 bridgehead atoms. The van der Waals surface area contributed by atoms with Gasteiger partial charge in [0.1, 0.15) is 5.82 Å². The Morgan fingerprint density at radius 3 is 2.54 bits per heavy atom. The van der Waals surface area contributed by atoms with E-state index in [9.17, 15) is 4.79 Å². The molecular formula is C17H12N8O. The first-order valence-corrected chi connectivity index (χ1v) is 7.86. The van der Waals surface area contributed by atoms with E-state index in [0.717, 1.165) is 22.1 Å². The maximum absolute atomic E-state index is 12.4. The number of para-hydroxylation sites is 4. The van der Waals surface area contributed by atoms with Gasteiger partial charge < -0.3 is 10.7 Å². The Morgan fingerprint density at radius 2 is 1.69 bits per heavy atom. The summed E-state index contributed by atoms with van der Waals surface area (Å²) in [4.78, 5) is 26.7. The molecule has 3 aromatic heterocycles. The summed E-state index contributed by atoms with van der Waals surface area (Å²) in [6, 6.07) is 15.0. The molecule has 0 aliphatic heterocycles. The fourth-order valence-electron chi connectivity index (χ4n) is 2.92. The number of hydrogen-bond acceptors (Lipinski definition) is 6. The van der Waals surface area contributed by atoms with Crippen molar-refractivity contribution in [3.05, 3.63) is 58.9 Å². The Labute approximate surface area is 145 Å². The molecule has 0 aliphatic rings. The van der Waals surface area contributed by atoms with Crippen molar-refractivity contribution in [1.82, 2.24) is 24.3 Å². The highest BCUT2D eigenvalue weighted by atomic mass is 16.1. The Balaban J connectivity index is 1.68. The van der Waals surface area contributed by atoms with E-state index in [-0.39, 0.29) is 11.5 Å². The van der Waals surface area contributed by atoms with Gasteiger partial charge in [-0.1, -0.05) is 24.3 Å². The average Bonchev–Trinajstić information content (AvgIpc) is 3.21. The van der Waals surface area contributed by atoms with Crippen LogP contribution in [0.1, 0.15) is 0 Å². The van der Waals surface area contributed by atoms with Crippen molar-refractivity contribution in [1.29, 1.82) is 0 Å². The Bertz CT molecular complexity index is 1340. The Morgan fingerprint density at radius 1 is 0.923 bits per heavy atom. The van der Waals surface area contributed by atoms with E-state index in [1.165, 1.54) is 0 Å². The highest BCUT2D eigenvalue weighted by Gasteiger charge is 2.14. The minimum absolute atomic E-state index is 0.00103. The lowest BCUT2D eigenvalue weighted by Crippen LogP contribution is -2.12. The van der Waals surface area contributed by atoms with E-state index < -0.39 is 5.56 Å². The number of fused-ring (bicyclic) bond motifs is 4. The number of imidazole rings is 2. The zero-order valence-corrected chi connectivity index (χ0v) is 13.3. The molecule has 9 nitrogen and oxygen atoms in total. The standard InChI is InChI=1S/C17H12N8O/c18-14-13(23-24-16-19-9-5-1-2-6-10(9)20-16)15(26)22-17-21-11-7-3-4-8-12(11)25(14)17/h1-8H,18H2,(H,19,20)(H,21,22,26). The van der Waals surface area contributed by atoms with Gasteiger partial charge in [-0.25, -0.2) is 9.97 Å². The second kappa shape index (κ2) is 5.24. The van der Waals surface area contributed by atoms with Crippen molar-refractivity contribution in [2.24, 2.45) is 10.2 Å². The molecule has 0 fully saturated rings. The first-order valence-electron chi connectivity index (χ1n) is 7.86. The third kappa shape index (κ3) is 2.07. The number of nitrogens with one attached hydrogen (secondary N) is 2. The lowest BCUT2D eigenvalue weighted by Gasteiger charge is -2.02. The van der Waals surface area contributed by atoms with Gasteiger partial charge in [0, 0.05) is 0 Å². The van der Waals surface area contributed by atoms with Crippen LogP contribution in [0.4, 0.5) is 17.5 Å². The zero-order valence-electron chi connectivity index (χ0n) is 13.3. The molecule has 2 aromatic carbocycles. The number of nitrogen functional groups attached to an aromatic ring is 1. The summed E-state index contributed by atoms with van der Waals surface area (Å²) in [5.41, 5.74) is 8.82. The minimum atomic E-state index is -0.467. The van der Waals surface area contributed by atoms with Gasteiger partial charge in [0.15, 0.2) is 5.69 Å². The van der Waals surface area contributed by atoms with Crippen LogP contribution in [0.25, 0.3) is 27.8 Å². The molecule has 5 aromatic rings. The van der Waals surface area contributed by atoms with Gasteiger partial charge in [0.05, 0.1) is 22.1 Å². The van der Waals surface area contributed by atoms with Gasteiger partial charge in [0.2, 0.25) is 11.7 Å². The van der Waals surface area contributed by atoms with Gasteiger partial charge in [0.25, 0.3) is 5.56 Å². The molecule has 9 heteroatoms. The van der Waals surface area contributed by atoms with Crippen LogP contribution in [-0.4, -0.2) is 24.3 Å². The number of anilines is 1. The van der Waals surface area contributed by atoms with E-state index in [2.05, 4.69) is 30.2 Å². The maximum atomic E-state index is 12.4. The summed E-state index contributed by atoms with van der Waals surface area (Å²) in [7, 11) is 0. The molecule has 126 valence electrons. The third-order valence-corrected chi connectivity index (χ3v) is 4.11. The number of rotatable bonds is 2. The molecule has 0 radical (unpaired) electrons. The van der Waals surface area contributed by atoms with Crippen LogP contribution in [0.2, 0.25) is 0 Å². The first-order chi connectivity index (χ1) is 12.7. The monoisotopic (exact) mass is 344 g/mol. The van der Waals surface area contributed by atoms with Crippen molar-refractivity contribution in [3.8, 4) is 0 Å². The number of nitrogens with two attached hydrogens (primary N) is 1. The SMILES string of the molecule is Nc1c(N=Nc2nc3ccccc3[nH]2)c(=O)[nH]c2nc3ccccc3n12. The molecule has 0 saturated heterocycles. The molecule has 0 spiro atoms. The maximum Gasteiger partial charge on any atom is 0.282 e. The molecule has 5 rings (SSSR count). The van der Waals surface area contributed by atoms with Crippen LogP contribution < -0.4 is 11.3 Å². The number of aromatic amines is 2. The van der Waals surface area contributed by atoms with Crippen molar-refractivity contribution in [2.45, 2.75) is 0 Å². The number of H-pyrrole nitrogens is 2. The van der Waals surface area contributed by atoms with E-state index in [4.69, 9.17) is 5.73 Å². The summed E-state index contributed by atoms with van der Waals surface area (Å²) in [5.74, 6) is 0.814. The molecule has 0 unspecified atom stereocenters. The normalized spacial score (nSPS) is 12.0. The topological polar surface area (TPSA) is 130 Å². The smallest absolute Gasteiger partial charge is 0.282 e. The summed E-state index contributed by atoms with van der Waals surface area (Å²) in [6.45, 7) is 0. The second-order valence-corrected chi connectivity index (χ2v) is 5.73. The van der Waals surface area contributed by atoms with Gasteiger partial charge in [-0.05, 0) is 24.3 Å². The Kier molecular flexibility index (Phi) is 2.89. The van der Waals surface area contributed by atoms with Gasteiger partial charge >= 0.3 is 0 Å². The van der Waals surface area contributed by atoms with Gasteiger partial charge in [-0.2, -0.15) is 0 Å². The van der Waals surface area contributed by atoms with Crippen molar-refractivity contribution < 1.29 is 0 Å². The summed E-state index contributed by atoms with van der Waals surface area (Å²) in [5, 5.41) is 8.05. The third-order valence-electron chi connectivity index (χ3n) is 4.11. The molecule has 0 saturated carbocycles. The van der Waals surface area contributed by atoms with E-state index in [0.29, 0.717) is 11.7 Å². The van der Waals surface area contributed by atoms with Gasteiger partial charge in [-0.3, -0.25) is 14.2 Å². The number of azo groups is 1. The predicted octanol–water partition coefficient (Wildman–Crippen LogP) is 3.05. The van der Waals surface area contributed by atoms with Crippen LogP contribution in [0.15, 0.2) is 63.6 Å². The molecule has 4 N–H and O–H groups in total. The number of benzene rings is 2. The predicted molar refractivity (Wildman–Crippen MR) is 98.0 cm³/mol. The van der Waals surface area contributed by atoms with Gasteiger partial charge in [-0.15, -0.1) is 10.2 Å².